The molecule has 1 aromatic rings. The van der Waals surface area contributed by atoms with E-state index in [-0.39, 0.29) is 24.3 Å². The molecule has 0 aliphatic carbocycles. The highest BCUT2D eigenvalue weighted by atomic mass is 35.5. The van der Waals surface area contributed by atoms with Crippen molar-refractivity contribution in [1.29, 1.82) is 0 Å². The molecule has 0 saturated carbocycles. The summed E-state index contributed by atoms with van der Waals surface area (Å²) in [5.41, 5.74) is 0.916. The van der Waals surface area contributed by atoms with Crippen molar-refractivity contribution in [3.8, 4) is 5.75 Å². The van der Waals surface area contributed by atoms with E-state index in [2.05, 4.69) is 11.9 Å². The number of carbonyl (C=O) groups is 2. The fourth-order valence-corrected chi connectivity index (χ4v) is 2.27. The molecule has 1 aromatic carbocycles. The van der Waals surface area contributed by atoms with E-state index in [1.165, 1.54) is 6.08 Å². The van der Waals surface area contributed by atoms with Crippen molar-refractivity contribution in [2.45, 2.75) is 26.4 Å². The molecule has 0 aromatic heterocycles. The Morgan fingerprint density at radius 2 is 2.17 bits per heavy atom. The van der Waals surface area contributed by atoms with Gasteiger partial charge in [0.1, 0.15) is 11.4 Å². The van der Waals surface area contributed by atoms with Gasteiger partial charge in [-0.1, -0.05) is 30.7 Å². The minimum absolute atomic E-state index is 0.0693. The first kappa shape index (κ1) is 17.1. The van der Waals surface area contributed by atoms with Crippen molar-refractivity contribution in [3.63, 3.8) is 0 Å². The van der Waals surface area contributed by atoms with Gasteiger partial charge in [0.25, 0.3) is 5.91 Å². The molecule has 0 spiro atoms. The number of carbonyl (C=O) groups excluding carboxylic acids is 2. The fraction of sp³-hybridized carbons (Fsp3) is 0.294. The van der Waals surface area contributed by atoms with Crippen LogP contribution >= 0.6 is 11.6 Å². The monoisotopic (exact) mass is 334 g/mol. The minimum Gasteiger partial charge on any atom is -0.489 e. The Hall–Kier alpha value is -2.27. The van der Waals surface area contributed by atoms with Gasteiger partial charge in [-0.2, -0.15) is 0 Å². The summed E-state index contributed by atoms with van der Waals surface area (Å²) in [4.78, 5) is 24.9. The number of rotatable bonds is 6. The maximum atomic E-state index is 12.1. The predicted octanol–water partition coefficient (Wildman–Crippen LogP) is 3.60. The standard InChI is InChI=1S/C17H19ClN2O3/c1-4-8-20-16(21)14(19-17(20)22)10-12-6-7-15(13(18)9-12)23-11(3)5-2/h4,6-7,9-11H,1,5,8H2,2-3H3,(H,19,22)/b14-10+/t11-/m1/s1. The molecule has 0 radical (unpaired) electrons. The third-order valence-electron chi connectivity index (χ3n) is 3.44. The number of hydrogen-bond donors (Lipinski definition) is 1. The molecule has 0 bridgehead atoms. The number of nitrogens with one attached hydrogen (secondary N) is 1. The lowest BCUT2D eigenvalue weighted by Gasteiger charge is -2.14. The quantitative estimate of drug-likeness (QED) is 0.491. The van der Waals surface area contributed by atoms with Crippen LogP contribution < -0.4 is 10.1 Å². The predicted molar refractivity (Wildman–Crippen MR) is 90.3 cm³/mol. The normalized spacial score (nSPS) is 17.3. The summed E-state index contributed by atoms with van der Waals surface area (Å²) in [6, 6.07) is 4.78. The molecule has 2 rings (SSSR count). The van der Waals surface area contributed by atoms with Gasteiger partial charge in [-0.05, 0) is 37.1 Å². The highest BCUT2D eigenvalue weighted by Crippen LogP contribution is 2.28. The molecule has 1 aliphatic rings. The second kappa shape index (κ2) is 7.33. The average Bonchev–Trinajstić information content (AvgIpc) is 2.78. The first-order valence-electron chi connectivity index (χ1n) is 7.38. The number of halogens is 1. The minimum atomic E-state index is -0.455. The lowest BCUT2D eigenvalue weighted by atomic mass is 10.1. The largest absolute Gasteiger partial charge is 0.489 e. The molecule has 1 aliphatic heterocycles. The van der Waals surface area contributed by atoms with Gasteiger partial charge in [0.15, 0.2) is 0 Å². The van der Waals surface area contributed by atoms with Crippen LogP contribution in [0.1, 0.15) is 25.8 Å². The van der Waals surface area contributed by atoms with Crippen LogP contribution in [0.4, 0.5) is 4.79 Å². The summed E-state index contributed by atoms with van der Waals surface area (Å²) >= 11 is 6.21. The summed E-state index contributed by atoms with van der Waals surface area (Å²) in [6.45, 7) is 7.69. The number of ether oxygens (including phenoxy) is 1. The van der Waals surface area contributed by atoms with Crippen LogP contribution in [0.15, 0.2) is 36.6 Å². The second-order valence-electron chi connectivity index (χ2n) is 5.22. The molecule has 0 unspecified atom stereocenters. The van der Waals surface area contributed by atoms with E-state index in [0.717, 1.165) is 11.3 Å². The van der Waals surface area contributed by atoms with Crippen molar-refractivity contribution in [3.05, 3.63) is 47.1 Å². The maximum Gasteiger partial charge on any atom is 0.329 e. The third kappa shape index (κ3) is 3.93. The Morgan fingerprint density at radius 3 is 2.78 bits per heavy atom. The number of urea groups is 1. The van der Waals surface area contributed by atoms with Crippen molar-refractivity contribution in [1.82, 2.24) is 10.2 Å². The van der Waals surface area contributed by atoms with Crippen LogP contribution in [0.5, 0.6) is 5.75 Å². The van der Waals surface area contributed by atoms with E-state index < -0.39 is 6.03 Å². The smallest absolute Gasteiger partial charge is 0.329 e. The summed E-state index contributed by atoms with van der Waals surface area (Å²) in [5.74, 6) is 0.212. The molecule has 3 amide bonds. The topological polar surface area (TPSA) is 58.6 Å². The molecule has 23 heavy (non-hydrogen) atoms. The zero-order chi connectivity index (χ0) is 17.0. The van der Waals surface area contributed by atoms with Gasteiger partial charge in [-0.3, -0.25) is 9.69 Å². The first-order chi connectivity index (χ1) is 11.0. The van der Waals surface area contributed by atoms with Gasteiger partial charge in [0.05, 0.1) is 11.1 Å². The number of amides is 3. The summed E-state index contributed by atoms with van der Waals surface area (Å²) in [6.07, 6.45) is 4.03. The number of imide groups is 1. The van der Waals surface area contributed by atoms with Gasteiger partial charge < -0.3 is 10.1 Å². The van der Waals surface area contributed by atoms with E-state index >= 15 is 0 Å². The Labute approximate surface area is 140 Å². The molecule has 1 saturated heterocycles. The molecular formula is C17H19ClN2O3. The SMILES string of the molecule is C=CCN1C(=O)N/C(=C/c2ccc(O[C@H](C)CC)c(Cl)c2)C1=O. The van der Waals surface area contributed by atoms with Crippen LogP contribution in [0.25, 0.3) is 6.08 Å². The molecule has 122 valence electrons. The summed E-state index contributed by atoms with van der Waals surface area (Å²) in [5, 5.41) is 3.00. The second-order valence-corrected chi connectivity index (χ2v) is 5.63. The van der Waals surface area contributed by atoms with Crippen LogP contribution in [0.2, 0.25) is 5.02 Å². The molecule has 1 N–H and O–H groups in total. The zero-order valence-corrected chi connectivity index (χ0v) is 13.9. The fourth-order valence-electron chi connectivity index (χ4n) is 2.04. The van der Waals surface area contributed by atoms with Crippen LogP contribution in [-0.2, 0) is 4.79 Å². The van der Waals surface area contributed by atoms with E-state index in [4.69, 9.17) is 16.3 Å². The van der Waals surface area contributed by atoms with E-state index in [1.807, 2.05) is 13.8 Å². The Balaban J connectivity index is 2.20. The number of nitrogens with zero attached hydrogens (tertiary/aromatic N) is 1. The van der Waals surface area contributed by atoms with Crippen LogP contribution in [0, 0.1) is 0 Å². The van der Waals surface area contributed by atoms with Gasteiger partial charge >= 0.3 is 6.03 Å². The highest BCUT2D eigenvalue weighted by molar-refractivity contribution is 6.32. The Kier molecular flexibility index (Phi) is 5.45. The van der Waals surface area contributed by atoms with Gasteiger partial charge in [-0.15, -0.1) is 6.58 Å². The molecule has 5 nitrogen and oxygen atoms in total. The van der Waals surface area contributed by atoms with Crippen molar-refractivity contribution in [2.24, 2.45) is 0 Å². The zero-order valence-electron chi connectivity index (χ0n) is 13.1. The van der Waals surface area contributed by atoms with Crippen LogP contribution in [0.3, 0.4) is 0 Å². The number of hydrogen-bond acceptors (Lipinski definition) is 3. The van der Waals surface area contributed by atoms with Gasteiger partial charge in [0.2, 0.25) is 0 Å². The lowest BCUT2D eigenvalue weighted by Crippen LogP contribution is -2.30. The molecule has 1 atom stereocenters. The van der Waals surface area contributed by atoms with Crippen molar-refractivity contribution < 1.29 is 14.3 Å². The van der Waals surface area contributed by atoms with E-state index in [9.17, 15) is 9.59 Å². The number of benzene rings is 1. The summed E-state index contributed by atoms with van der Waals surface area (Å²) in [7, 11) is 0. The van der Waals surface area contributed by atoms with E-state index in [1.54, 1.807) is 24.3 Å². The van der Waals surface area contributed by atoms with Gasteiger partial charge in [0, 0.05) is 6.54 Å². The Bertz CT molecular complexity index is 670. The third-order valence-corrected chi connectivity index (χ3v) is 3.74. The average molecular weight is 335 g/mol. The molecule has 6 heteroatoms. The van der Waals surface area contributed by atoms with E-state index in [0.29, 0.717) is 16.3 Å². The first-order valence-corrected chi connectivity index (χ1v) is 7.75. The molecule has 1 fully saturated rings. The highest BCUT2D eigenvalue weighted by Gasteiger charge is 2.32. The van der Waals surface area contributed by atoms with Crippen molar-refractivity contribution >= 4 is 29.6 Å². The lowest BCUT2D eigenvalue weighted by molar-refractivity contribution is -0.122. The van der Waals surface area contributed by atoms with Gasteiger partial charge in [-0.25, -0.2) is 4.79 Å². The van der Waals surface area contributed by atoms with Crippen molar-refractivity contribution in [2.75, 3.05) is 6.54 Å². The van der Waals surface area contributed by atoms with Crippen LogP contribution in [-0.4, -0.2) is 29.5 Å². The Morgan fingerprint density at radius 1 is 1.43 bits per heavy atom. The molecular weight excluding hydrogens is 316 g/mol. The summed E-state index contributed by atoms with van der Waals surface area (Å²) < 4.78 is 5.70. The maximum absolute atomic E-state index is 12.1. The molecule has 1 heterocycles.